The first-order chi connectivity index (χ1) is 17.2. The van der Waals surface area contributed by atoms with Crippen LogP contribution >= 0.6 is 0 Å². The molecular weight excluding hydrogens is 805 g/mol. The quantitative estimate of drug-likeness (QED) is 0.0368. The molecular formula is C32H72S2Sn3. The van der Waals surface area contributed by atoms with Crippen LogP contribution in [-0.2, 0) is 27.0 Å². The molecule has 0 aromatic carbocycles. The van der Waals surface area contributed by atoms with Crippen LogP contribution in [0.15, 0.2) is 0 Å². The van der Waals surface area contributed by atoms with Gasteiger partial charge in [-0.3, -0.25) is 0 Å². The summed E-state index contributed by atoms with van der Waals surface area (Å²) >= 11 is 0.373. The van der Waals surface area contributed by atoms with Gasteiger partial charge in [0.15, 0.2) is 0 Å². The Bertz CT molecular complexity index is 268. The molecule has 0 spiro atoms. The van der Waals surface area contributed by atoms with Gasteiger partial charge in [0.05, 0.1) is 0 Å². The molecule has 0 saturated carbocycles. The van der Waals surface area contributed by atoms with E-state index in [-0.39, 0.29) is 90.4 Å². The molecule has 0 aromatic heterocycles. The normalized spacial score (nSPS) is 9.68. The largest absolute Gasteiger partial charge is 0.813 e. The number of thiol groups is 2. The van der Waals surface area contributed by atoms with Crippen molar-refractivity contribution in [3.8, 4) is 0 Å². The van der Waals surface area contributed by atoms with Crippen LogP contribution in [0.5, 0.6) is 0 Å². The van der Waals surface area contributed by atoms with Gasteiger partial charge in [0.1, 0.15) is 0 Å². The standard InChI is InChI=1S/2C8H17.4C4H9.2H2S.3Sn/c2*1-3-5-7-8-6-4-2;4*1-3-4-2;;;;;/h2*1,3-8H2,2H3;4*1,3-4H2,2H3;2*1H2;;;/q;;;;;;;;;2*+1/p-2. The average Bonchev–Trinajstić information content (AvgIpc) is 2.87. The molecule has 0 fully saturated rings. The van der Waals surface area contributed by atoms with Gasteiger partial charge in [-0.05, 0) is 0 Å². The molecule has 37 heavy (non-hydrogen) atoms. The van der Waals surface area contributed by atoms with Gasteiger partial charge in [-0.2, -0.15) is 0 Å². The summed E-state index contributed by atoms with van der Waals surface area (Å²) in [4.78, 5) is 0. The molecule has 0 atom stereocenters. The third kappa shape index (κ3) is 63.6. The van der Waals surface area contributed by atoms with Crippen molar-refractivity contribution >= 4 is 90.4 Å². The second-order valence-corrected chi connectivity index (χ2v) is 23.0. The molecule has 0 aliphatic rings. The smallest absolute Gasteiger partial charge is 0.813 e. The van der Waals surface area contributed by atoms with Gasteiger partial charge < -0.3 is 27.0 Å². The van der Waals surface area contributed by atoms with E-state index >= 15 is 0 Å². The van der Waals surface area contributed by atoms with E-state index in [1.807, 2.05) is 0 Å². The van der Waals surface area contributed by atoms with E-state index in [1.54, 1.807) is 39.5 Å². The average molecular weight is 877 g/mol. The third-order valence-corrected chi connectivity index (χ3v) is 18.4. The van der Waals surface area contributed by atoms with E-state index in [0.717, 1.165) is 0 Å². The second kappa shape index (κ2) is 55.1. The summed E-state index contributed by atoms with van der Waals surface area (Å²) in [6.07, 6.45) is 29.5. The topological polar surface area (TPSA) is 0 Å². The van der Waals surface area contributed by atoms with Gasteiger partial charge in [0.2, 0.25) is 0 Å². The maximum absolute atomic E-state index is 2.30. The Hall–Kier alpha value is 3.10. The van der Waals surface area contributed by atoms with E-state index in [9.17, 15) is 0 Å². The van der Waals surface area contributed by atoms with E-state index in [4.69, 9.17) is 0 Å². The van der Waals surface area contributed by atoms with E-state index in [2.05, 4.69) is 41.5 Å². The molecule has 0 saturated heterocycles. The van der Waals surface area contributed by atoms with Crippen LogP contribution in [0.2, 0.25) is 26.6 Å². The Kier molecular flexibility index (Phi) is 74.1. The van der Waals surface area contributed by atoms with Crippen LogP contribution in [0.3, 0.4) is 0 Å². The Labute approximate surface area is 283 Å². The maximum Gasteiger partial charge on any atom is -0.813 e. The van der Waals surface area contributed by atoms with Crippen molar-refractivity contribution in [3.63, 3.8) is 0 Å². The van der Waals surface area contributed by atoms with Crippen LogP contribution in [-0.4, -0.2) is 63.4 Å². The fourth-order valence-corrected chi connectivity index (χ4v) is 15.5. The Morgan fingerprint density at radius 3 is 0.919 bits per heavy atom. The first kappa shape index (κ1) is 49.8. The van der Waals surface area contributed by atoms with Crippen LogP contribution in [0.25, 0.3) is 0 Å². The number of rotatable bonds is 26. The monoisotopic (exact) mass is 880 g/mol. The van der Waals surface area contributed by atoms with Crippen LogP contribution in [0.4, 0.5) is 0 Å². The van der Waals surface area contributed by atoms with Gasteiger partial charge in [-0.25, -0.2) is 0 Å². The van der Waals surface area contributed by atoms with Gasteiger partial charge in [-0.1, -0.05) is 0 Å². The first-order valence-electron chi connectivity index (χ1n) is 16.4. The summed E-state index contributed by atoms with van der Waals surface area (Å²) in [6.45, 7) is 13.8. The van der Waals surface area contributed by atoms with Crippen molar-refractivity contribution in [1.29, 1.82) is 0 Å². The minimum Gasteiger partial charge on any atom is -0.813 e. The number of unbranched alkanes of at least 4 members (excludes halogenated alkanes) is 14. The summed E-state index contributed by atoms with van der Waals surface area (Å²) in [5.41, 5.74) is 0. The molecule has 0 aliphatic carbocycles. The summed E-state index contributed by atoms with van der Waals surface area (Å²) in [5.74, 6) is 0. The van der Waals surface area contributed by atoms with Gasteiger partial charge >= 0.3 is 260 Å². The van der Waals surface area contributed by atoms with Crippen LogP contribution in [0, 0.1) is 0 Å². The summed E-state index contributed by atoms with van der Waals surface area (Å²) in [7, 11) is 0. The van der Waals surface area contributed by atoms with Crippen LogP contribution in [0.1, 0.15) is 170 Å². The zero-order valence-corrected chi connectivity index (χ0v) is 37.1. The predicted octanol–water partition coefficient (Wildman–Crippen LogP) is 12.0. The first-order valence-corrected chi connectivity index (χ1v) is 28.5. The Balaban J connectivity index is -0.000000146. The number of hydrogen-bond acceptors (Lipinski definition) is 2. The molecule has 0 amide bonds. The zero-order chi connectivity index (χ0) is 26.5. The summed E-state index contributed by atoms with van der Waals surface area (Å²) in [6, 6.07) is 0. The zero-order valence-electron chi connectivity index (χ0n) is 26.8. The van der Waals surface area contributed by atoms with Crippen molar-refractivity contribution in [2.45, 2.75) is 197 Å². The third-order valence-electron chi connectivity index (χ3n) is 6.24. The second-order valence-electron chi connectivity index (χ2n) is 10.2. The molecule has 0 heterocycles. The molecule has 0 N–H and O–H groups in total. The van der Waals surface area contributed by atoms with E-state index in [0.29, 0.717) is 0 Å². The fourth-order valence-electron chi connectivity index (χ4n) is 3.64. The van der Waals surface area contributed by atoms with E-state index < -0.39 is 0 Å². The number of hydrogen-bond donors (Lipinski definition) is 0. The molecule has 224 valence electrons. The van der Waals surface area contributed by atoms with Crippen molar-refractivity contribution in [1.82, 2.24) is 0 Å². The molecule has 0 unspecified atom stereocenters. The van der Waals surface area contributed by atoms with Crippen molar-refractivity contribution < 1.29 is 0 Å². The minimum atomic E-state index is 0. The molecule has 0 rings (SSSR count). The van der Waals surface area contributed by atoms with Crippen molar-refractivity contribution in [2.75, 3.05) is 0 Å². The van der Waals surface area contributed by atoms with Gasteiger partial charge in [0, 0.05) is 0 Å². The summed E-state index contributed by atoms with van der Waals surface area (Å²) < 4.78 is 9.81. The van der Waals surface area contributed by atoms with Gasteiger partial charge in [-0.15, -0.1) is 0 Å². The Morgan fingerprint density at radius 1 is 0.324 bits per heavy atom. The molecule has 0 bridgehead atoms. The maximum atomic E-state index is 2.30. The molecule has 0 aromatic rings. The van der Waals surface area contributed by atoms with Crippen molar-refractivity contribution in [2.24, 2.45) is 0 Å². The molecule has 0 nitrogen and oxygen atoms in total. The fraction of sp³-hybridized carbons (Fsp3) is 1.00. The minimum absolute atomic E-state index is 0. The molecule has 4 radical (unpaired) electrons. The molecule has 0 aliphatic heterocycles. The molecule has 5 heteroatoms. The van der Waals surface area contributed by atoms with Crippen molar-refractivity contribution in [3.05, 3.63) is 0 Å². The van der Waals surface area contributed by atoms with Crippen LogP contribution < -0.4 is 0 Å². The SMILES string of the molecule is CCCCCCC[CH2][Sn+][CH2]CCCCCCC.CCC[CH2][Sn+][CH2]CCC.CCC[CH2][Sn][CH2]CCC.[SH-].[SH-]. The van der Waals surface area contributed by atoms with E-state index in [1.165, 1.54) is 116 Å². The predicted molar refractivity (Wildman–Crippen MR) is 190 cm³/mol. The van der Waals surface area contributed by atoms with Gasteiger partial charge in [0.25, 0.3) is 0 Å². The summed E-state index contributed by atoms with van der Waals surface area (Å²) in [5, 5.41) is 0. The Morgan fingerprint density at radius 2 is 0.595 bits per heavy atom.